The van der Waals surface area contributed by atoms with E-state index >= 15 is 0 Å². The third-order valence-corrected chi connectivity index (χ3v) is 2.14. The molecule has 0 aliphatic carbocycles. The Kier molecular flexibility index (Phi) is 3.37. The van der Waals surface area contributed by atoms with Crippen LogP contribution in [0.1, 0.15) is 13.8 Å². The van der Waals surface area contributed by atoms with Crippen molar-refractivity contribution in [3.05, 3.63) is 17.3 Å². The lowest BCUT2D eigenvalue weighted by Crippen LogP contribution is -2.24. The second-order valence-corrected chi connectivity index (χ2v) is 3.11. The highest BCUT2D eigenvalue weighted by molar-refractivity contribution is 6.29. The van der Waals surface area contributed by atoms with Gasteiger partial charge in [0.1, 0.15) is 5.15 Å². The molecule has 0 fully saturated rings. The zero-order chi connectivity index (χ0) is 9.84. The molecule has 1 rings (SSSR count). The van der Waals surface area contributed by atoms with Gasteiger partial charge in [-0.2, -0.15) is 0 Å². The minimum atomic E-state index is 0.483. The molecule has 0 bridgehead atoms. The third-order valence-electron chi connectivity index (χ3n) is 1.93. The van der Waals surface area contributed by atoms with E-state index in [0.717, 1.165) is 18.9 Å². The molecule has 1 aromatic heterocycles. The van der Waals surface area contributed by atoms with Gasteiger partial charge in [0.15, 0.2) is 5.82 Å². The summed E-state index contributed by atoms with van der Waals surface area (Å²) >= 11 is 5.78. The van der Waals surface area contributed by atoms with Crippen molar-refractivity contribution in [1.82, 2.24) is 4.98 Å². The molecule has 0 unspecified atom stereocenters. The smallest absolute Gasteiger partial charge is 0.153 e. The summed E-state index contributed by atoms with van der Waals surface area (Å²) in [6.07, 6.45) is 0. The molecule has 0 amide bonds. The lowest BCUT2D eigenvalue weighted by molar-refractivity contribution is 0.848. The Morgan fingerprint density at radius 1 is 1.38 bits per heavy atom. The van der Waals surface area contributed by atoms with E-state index in [4.69, 9.17) is 17.3 Å². The van der Waals surface area contributed by atoms with E-state index in [1.54, 1.807) is 12.1 Å². The fraction of sp³-hybridized carbons (Fsp3) is 0.444. The van der Waals surface area contributed by atoms with Crippen LogP contribution in [-0.4, -0.2) is 18.1 Å². The molecule has 0 spiro atoms. The fourth-order valence-corrected chi connectivity index (χ4v) is 1.36. The van der Waals surface area contributed by atoms with Crippen molar-refractivity contribution in [2.75, 3.05) is 23.7 Å². The molecule has 0 radical (unpaired) electrons. The van der Waals surface area contributed by atoms with Crippen LogP contribution in [0.25, 0.3) is 0 Å². The van der Waals surface area contributed by atoms with Gasteiger partial charge in [0.05, 0.1) is 5.69 Å². The van der Waals surface area contributed by atoms with Crippen molar-refractivity contribution in [1.29, 1.82) is 0 Å². The van der Waals surface area contributed by atoms with Gasteiger partial charge in [0.2, 0.25) is 0 Å². The normalized spacial score (nSPS) is 10.1. The predicted molar refractivity (Wildman–Crippen MR) is 57.2 cm³/mol. The molecular weight excluding hydrogens is 186 g/mol. The van der Waals surface area contributed by atoms with Crippen LogP contribution in [-0.2, 0) is 0 Å². The highest BCUT2D eigenvalue weighted by Crippen LogP contribution is 2.22. The zero-order valence-corrected chi connectivity index (χ0v) is 8.67. The summed E-state index contributed by atoms with van der Waals surface area (Å²) in [6, 6.07) is 3.48. The standard InChI is InChI=1S/C9H14ClN3/c1-3-13(4-2)9-7(11)5-6-8(10)12-9/h5-6H,3-4,11H2,1-2H3. The lowest BCUT2D eigenvalue weighted by Gasteiger charge is -2.21. The molecule has 0 aromatic carbocycles. The molecule has 1 aromatic rings. The van der Waals surface area contributed by atoms with Gasteiger partial charge in [-0.05, 0) is 26.0 Å². The van der Waals surface area contributed by atoms with Gasteiger partial charge in [0.25, 0.3) is 0 Å². The summed E-state index contributed by atoms with van der Waals surface area (Å²) < 4.78 is 0. The molecule has 3 nitrogen and oxygen atoms in total. The van der Waals surface area contributed by atoms with Crippen molar-refractivity contribution in [2.45, 2.75) is 13.8 Å². The van der Waals surface area contributed by atoms with Crippen LogP contribution in [0.2, 0.25) is 5.15 Å². The third kappa shape index (κ3) is 2.25. The highest BCUT2D eigenvalue weighted by atomic mass is 35.5. The number of aromatic nitrogens is 1. The highest BCUT2D eigenvalue weighted by Gasteiger charge is 2.07. The van der Waals surface area contributed by atoms with E-state index in [1.807, 2.05) is 0 Å². The van der Waals surface area contributed by atoms with Gasteiger partial charge in [-0.15, -0.1) is 0 Å². The topological polar surface area (TPSA) is 42.2 Å². The number of nitrogens with zero attached hydrogens (tertiary/aromatic N) is 2. The van der Waals surface area contributed by atoms with E-state index in [-0.39, 0.29) is 0 Å². The zero-order valence-electron chi connectivity index (χ0n) is 7.92. The molecule has 0 aliphatic rings. The molecule has 13 heavy (non-hydrogen) atoms. The Bertz CT molecular complexity index is 284. The Morgan fingerprint density at radius 2 is 2.00 bits per heavy atom. The Labute approximate surface area is 83.5 Å². The summed E-state index contributed by atoms with van der Waals surface area (Å²) in [4.78, 5) is 6.25. The van der Waals surface area contributed by atoms with Crippen molar-refractivity contribution >= 4 is 23.1 Å². The van der Waals surface area contributed by atoms with E-state index in [1.165, 1.54) is 0 Å². The Hall–Kier alpha value is -0.960. The van der Waals surface area contributed by atoms with Gasteiger partial charge < -0.3 is 10.6 Å². The minimum Gasteiger partial charge on any atom is -0.396 e. The molecule has 4 heteroatoms. The van der Waals surface area contributed by atoms with Crippen LogP contribution >= 0.6 is 11.6 Å². The second kappa shape index (κ2) is 4.33. The van der Waals surface area contributed by atoms with Gasteiger partial charge in [-0.3, -0.25) is 0 Å². The van der Waals surface area contributed by atoms with Crippen molar-refractivity contribution < 1.29 is 0 Å². The monoisotopic (exact) mass is 199 g/mol. The SMILES string of the molecule is CCN(CC)c1nc(Cl)ccc1N. The van der Waals surface area contributed by atoms with Crippen LogP contribution in [0, 0.1) is 0 Å². The molecule has 1 heterocycles. The summed E-state index contributed by atoms with van der Waals surface area (Å²) in [5.74, 6) is 0.775. The Balaban J connectivity index is 3.03. The first kappa shape index (κ1) is 10.1. The summed E-state index contributed by atoms with van der Waals surface area (Å²) in [5, 5.41) is 0.483. The number of nitrogen functional groups attached to an aromatic ring is 1. The largest absolute Gasteiger partial charge is 0.396 e. The van der Waals surface area contributed by atoms with Crippen LogP contribution < -0.4 is 10.6 Å². The summed E-state index contributed by atoms with van der Waals surface area (Å²) in [7, 11) is 0. The summed E-state index contributed by atoms with van der Waals surface area (Å²) in [5.41, 5.74) is 6.45. The van der Waals surface area contributed by atoms with Gasteiger partial charge >= 0.3 is 0 Å². The second-order valence-electron chi connectivity index (χ2n) is 2.72. The van der Waals surface area contributed by atoms with E-state index in [9.17, 15) is 0 Å². The lowest BCUT2D eigenvalue weighted by atomic mass is 10.3. The molecule has 2 N–H and O–H groups in total. The van der Waals surface area contributed by atoms with Gasteiger partial charge in [0, 0.05) is 13.1 Å². The van der Waals surface area contributed by atoms with E-state index in [2.05, 4.69) is 23.7 Å². The molecule has 0 saturated heterocycles. The van der Waals surface area contributed by atoms with Crippen molar-refractivity contribution in [3.63, 3.8) is 0 Å². The Morgan fingerprint density at radius 3 is 2.54 bits per heavy atom. The number of anilines is 2. The van der Waals surface area contributed by atoms with Crippen LogP contribution in [0.3, 0.4) is 0 Å². The first-order valence-corrected chi connectivity index (χ1v) is 4.73. The van der Waals surface area contributed by atoms with Crippen LogP contribution in [0.4, 0.5) is 11.5 Å². The molecule has 0 saturated carbocycles. The quantitative estimate of drug-likeness (QED) is 0.759. The summed E-state index contributed by atoms with van der Waals surface area (Å²) in [6.45, 7) is 5.89. The number of nitrogens with two attached hydrogens (primary N) is 1. The van der Waals surface area contributed by atoms with Gasteiger partial charge in [-0.1, -0.05) is 11.6 Å². The maximum absolute atomic E-state index is 5.78. The maximum Gasteiger partial charge on any atom is 0.153 e. The van der Waals surface area contributed by atoms with Crippen LogP contribution in [0.5, 0.6) is 0 Å². The number of halogens is 1. The molecule has 0 aliphatic heterocycles. The average molecular weight is 200 g/mol. The minimum absolute atomic E-state index is 0.483. The number of hydrogen-bond donors (Lipinski definition) is 1. The first-order chi connectivity index (χ1) is 6.19. The van der Waals surface area contributed by atoms with Crippen molar-refractivity contribution in [3.8, 4) is 0 Å². The number of rotatable bonds is 3. The first-order valence-electron chi connectivity index (χ1n) is 4.36. The maximum atomic E-state index is 5.78. The molecular formula is C9H14ClN3. The predicted octanol–water partition coefficient (Wildman–Crippen LogP) is 2.16. The van der Waals surface area contributed by atoms with Crippen LogP contribution in [0.15, 0.2) is 12.1 Å². The van der Waals surface area contributed by atoms with E-state index < -0.39 is 0 Å². The molecule has 0 atom stereocenters. The average Bonchev–Trinajstić information content (AvgIpc) is 2.13. The number of hydrogen-bond acceptors (Lipinski definition) is 3. The number of pyridine rings is 1. The fourth-order valence-electron chi connectivity index (χ4n) is 1.21. The van der Waals surface area contributed by atoms with E-state index in [0.29, 0.717) is 10.8 Å². The van der Waals surface area contributed by atoms with Gasteiger partial charge in [-0.25, -0.2) is 4.98 Å². The molecule has 72 valence electrons. The van der Waals surface area contributed by atoms with Crippen molar-refractivity contribution in [2.24, 2.45) is 0 Å².